The van der Waals surface area contributed by atoms with Gasteiger partial charge in [-0.05, 0) is 56.7 Å². The first-order valence-electron chi connectivity index (χ1n) is 13.2. The number of aromatic nitrogens is 4. The Hall–Kier alpha value is -4.67. The fourth-order valence-electron chi connectivity index (χ4n) is 4.51. The molecular weight excluding hydrogens is 530 g/mol. The fourth-order valence-corrected chi connectivity index (χ4v) is 4.51. The number of hydrogen-bond donors (Lipinski definition) is 0. The van der Waals surface area contributed by atoms with Gasteiger partial charge in [0.15, 0.2) is 5.82 Å². The first kappa shape index (κ1) is 27.9. The van der Waals surface area contributed by atoms with Gasteiger partial charge in [0.05, 0.1) is 12.2 Å². The molecule has 5 rings (SSSR count). The minimum atomic E-state index is -0.723. The van der Waals surface area contributed by atoms with Crippen molar-refractivity contribution in [1.29, 1.82) is 0 Å². The minimum Gasteiger partial charge on any atom is -0.444 e. The molecule has 1 amide bonds. The van der Waals surface area contributed by atoms with E-state index in [1.165, 1.54) is 28.9 Å². The van der Waals surface area contributed by atoms with Crippen LogP contribution in [0.15, 0.2) is 71.7 Å². The van der Waals surface area contributed by atoms with Crippen molar-refractivity contribution in [2.45, 2.75) is 32.9 Å². The third kappa shape index (κ3) is 6.92. The van der Waals surface area contributed by atoms with E-state index in [4.69, 9.17) is 9.72 Å². The summed E-state index contributed by atoms with van der Waals surface area (Å²) in [4.78, 5) is 37.9. The molecule has 1 aliphatic rings. The van der Waals surface area contributed by atoms with Crippen molar-refractivity contribution in [1.82, 2.24) is 24.6 Å². The predicted molar refractivity (Wildman–Crippen MR) is 150 cm³/mol. The SMILES string of the molecule is CC(C)(C)OC(=O)N1CCN(c2ccnc(-c3cccc(Cn4nc(-c5cc(F)cc(F)c5)ccc4=O)c3)n2)CC1. The number of halogens is 2. The number of ether oxygens (including phenoxy) is 1. The lowest BCUT2D eigenvalue weighted by Gasteiger charge is -2.36. The molecule has 1 fully saturated rings. The Kier molecular flexibility index (Phi) is 7.78. The number of hydrogen-bond acceptors (Lipinski definition) is 7. The lowest BCUT2D eigenvalue weighted by atomic mass is 10.1. The molecule has 4 aromatic rings. The number of carbonyl (C=O) groups excluding carboxylic acids is 1. The van der Waals surface area contributed by atoms with Crippen LogP contribution in [-0.2, 0) is 11.3 Å². The van der Waals surface area contributed by atoms with Gasteiger partial charge in [-0.1, -0.05) is 18.2 Å². The molecule has 0 bridgehead atoms. The largest absolute Gasteiger partial charge is 0.444 e. The summed E-state index contributed by atoms with van der Waals surface area (Å²) in [7, 11) is 0. The highest BCUT2D eigenvalue weighted by molar-refractivity contribution is 5.68. The average Bonchev–Trinajstić information content (AvgIpc) is 2.93. The van der Waals surface area contributed by atoms with Gasteiger partial charge in [-0.15, -0.1) is 0 Å². The van der Waals surface area contributed by atoms with Crippen molar-refractivity contribution in [2.75, 3.05) is 31.1 Å². The van der Waals surface area contributed by atoms with Gasteiger partial charge in [-0.2, -0.15) is 5.10 Å². The summed E-state index contributed by atoms with van der Waals surface area (Å²) in [5.74, 6) is -0.181. The number of amides is 1. The molecule has 3 heterocycles. The van der Waals surface area contributed by atoms with Crippen LogP contribution in [0, 0.1) is 11.6 Å². The van der Waals surface area contributed by atoms with Crippen molar-refractivity contribution >= 4 is 11.9 Å². The summed E-state index contributed by atoms with van der Waals surface area (Å²) < 4.78 is 34.2. The number of benzene rings is 2. The van der Waals surface area contributed by atoms with E-state index in [1.807, 2.05) is 51.1 Å². The summed E-state index contributed by atoms with van der Waals surface area (Å²) in [5.41, 5.74) is 1.16. The van der Waals surface area contributed by atoms with Crippen LogP contribution >= 0.6 is 0 Å². The van der Waals surface area contributed by atoms with Gasteiger partial charge in [0.2, 0.25) is 0 Å². The monoisotopic (exact) mass is 560 g/mol. The minimum absolute atomic E-state index is 0.143. The Balaban J connectivity index is 1.31. The van der Waals surface area contributed by atoms with E-state index < -0.39 is 17.2 Å². The van der Waals surface area contributed by atoms with Gasteiger partial charge >= 0.3 is 6.09 Å². The molecule has 0 saturated carbocycles. The molecule has 0 N–H and O–H groups in total. The summed E-state index contributed by atoms with van der Waals surface area (Å²) in [6.45, 7) is 7.94. The highest BCUT2D eigenvalue weighted by atomic mass is 19.1. The van der Waals surface area contributed by atoms with E-state index in [9.17, 15) is 18.4 Å². The van der Waals surface area contributed by atoms with E-state index in [0.717, 1.165) is 23.0 Å². The van der Waals surface area contributed by atoms with Crippen molar-refractivity contribution in [3.63, 3.8) is 0 Å². The Morgan fingerprint density at radius 1 is 0.927 bits per heavy atom. The molecule has 9 nitrogen and oxygen atoms in total. The molecule has 0 radical (unpaired) electrons. The number of rotatable bonds is 5. The molecule has 2 aromatic carbocycles. The van der Waals surface area contributed by atoms with Gasteiger partial charge in [0, 0.05) is 55.6 Å². The molecule has 2 aromatic heterocycles. The zero-order valence-electron chi connectivity index (χ0n) is 23.1. The molecule has 1 aliphatic heterocycles. The maximum atomic E-state index is 13.7. The Morgan fingerprint density at radius 3 is 2.37 bits per heavy atom. The molecule has 41 heavy (non-hydrogen) atoms. The Bertz CT molecular complexity index is 1610. The van der Waals surface area contributed by atoms with E-state index >= 15 is 0 Å². The quantitative estimate of drug-likeness (QED) is 0.348. The summed E-state index contributed by atoms with van der Waals surface area (Å²) in [5, 5.41) is 4.33. The molecule has 0 aliphatic carbocycles. The van der Waals surface area contributed by atoms with Crippen molar-refractivity contribution in [3.05, 3.63) is 94.4 Å². The third-order valence-electron chi connectivity index (χ3n) is 6.44. The van der Waals surface area contributed by atoms with Crippen LogP contribution in [0.3, 0.4) is 0 Å². The van der Waals surface area contributed by atoms with Crippen molar-refractivity contribution in [2.24, 2.45) is 0 Å². The van der Waals surface area contributed by atoms with E-state index in [0.29, 0.717) is 32.0 Å². The van der Waals surface area contributed by atoms with Crippen LogP contribution in [0.5, 0.6) is 0 Å². The second kappa shape index (κ2) is 11.4. The normalized spacial score (nSPS) is 13.8. The molecule has 0 spiro atoms. The highest BCUT2D eigenvalue weighted by Crippen LogP contribution is 2.22. The molecular formula is C30H30F2N6O3. The molecule has 0 unspecified atom stereocenters. The van der Waals surface area contributed by atoms with Crippen molar-refractivity contribution in [3.8, 4) is 22.6 Å². The van der Waals surface area contributed by atoms with E-state index in [2.05, 4.69) is 15.0 Å². The first-order valence-corrected chi connectivity index (χ1v) is 13.2. The molecule has 1 saturated heterocycles. The zero-order valence-corrected chi connectivity index (χ0v) is 23.1. The fraction of sp³-hybridized carbons (Fsp3) is 0.300. The second-order valence-corrected chi connectivity index (χ2v) is 10.8. The maximum Gasteiger partial charge on any atom is 0.410 e. The van der Waals surface area contributed by atoms with Crippen LogP contribution in [0.4, 0.5) is 19.4 Å². The lowest BCUT2D eigenvalue weighted by molar-refractivity contribution is 0.0240. The maximum absolute atomic E-state index is 13.7. The topological polar surface area (TPSA) is 93.5 Å². The van der Waals surface area contributed by atoms with E-state index in [1.54, 1.807) is 11.1 Å². The second-order valence-electron chi connectivity index (χ2n) is 10.8. The zero-order chi connectivity index (χ0) is 29.1. The molecule has 212 valence electrons. The standard InChI is InChI=1S/C30H30F2N6O3/c1-30(2,3)41-29(40)37-13-11-36(12-14-37)26-9-10-33-28(34-26)21-6-4-5-20(15-21)19-38-27(39)8-7-25(35-38)22-16-23(31)18-24(32)17-22/h4-10,15-18H,11-14,19H2,1-3H3. The van der Waals surface area contributed by atoms with Crippen LogP contribution in [-0.4, -0.2) is 62.5 Å². The van der Waals surface area contributed by atoms with Crippen LogP contribution in [0.25, 0.3) is 22.6 Å². The average molecular weight is 561 g/mol. The summed E-state index contributed by atoms with van der Waals surface area (Å²) in [6, 6.07) is 15.2. The third-order valence-corrected chi connectivity index (χ3v) is 6.44. The lowest BCUT2D eigenvalue weighted by Crippen LogP contribution is -2.50. The first-order chi connectivity index (χ1) is 19.5. The highest BCUT2D eigenvalue weighted by Gasteiger charge is 2.26. The van der Waals surface area contributed by atoms with Crippen LogP contribution in [0.2, 0.25) is 0 Å². The number of carbonyl (C=O) groups is 1. The van der Waals surface area contributed by atoms with Gasteiger partial charge in [-0.3, -0.25) is 4.79 Å². The number of nitrogens with zero attached hydrogens (tertiary/aromatic N) is 6. The Morgan fingerprint density at radius 2 is 1.66 bits per heavy atom. The molecule has 0 atom stereocenters. The number of piperazine rings is 1. The van der Waals surface area contributed by atoms with Gasteiger partial charge < -0.3 is 14.5 Å². The summed E-state index contributed by atoms with van der Waals surface area (Å²) in [6.07, 6.45) is 1.37. The van der Waals surface area contributed by atoms with Crippen LogP contribution < -0.4 is 10.5 Å². The van der Waals surface area contributed by atoms with Crippen LogP contribution in [0.1, 0.15) is 26.3 Å². The van der Waals surface area contributed by atoms with E-state index in [-0.39, 0.29) is 29.5 Å². The van der Waals surface area contributed by atoms with Gasteiger partial charge in [0.1, 0.15) is 23.1 Å². The smallest absolute Gasteiger partial charge is 0.410 e. The van der Waals surface area contributed by atoms with Gasteiger partial charge in [-0.25, -0.2) is 28.2 Å². The van der Waals surface area contributed by atoms with Gasteiger partial charge in [0.25, 0.3) is 5.56 Å². The molecule has 11 heteroatoms. The number of anilines is 1. The Labute approximate surface area is 236 Å². The summed E-state index contributed by atoms with van der Waals surface area (Å²) >= 11 is 0. The predicted octanol–water partition coefficient (Wildman–Crippen LogP) is 4.75. The van der Waals surface area contributed by atoms with Crippen molar-refractivity contribution < 1.29 is 18.3 Å².